The van der Waals surface area contributed by atoms with Gasteiger partial charge >= 0.3 is 6.36 Å². The Bertz CT molecular complexity index is 704. The second-order valence-corrected chi connectivity index (χ2v) is 5.16. The lowest BCUT2D eigenvalue weighted by atomic mass is 10.2. The monoisotopic (exact) mass is 359 g/mol. The molecule has 24 heavy (non-hydrogen) atoms. The zero-order chi connectivity index (χ0) is 17.7. The first-order chi connectivity index (χ1) is 11.2. The van der Waals surface area contributed by atoms with Crippen LogP contribution in [0.25, 0.3) is 0 Å². The van der Waals surface area contributed by atoms with Crippen LogP contribution in [0, 0.1) is 0 Å². The fraction of sp³-hybridized carbons (Fsp3) is 0.188. The van der Waals surface area contributed by atoms with Crippen LogP contribution in [0.15, 0.2) is 48.5 Å². The Hall–Kier alpha value is -2.41. The van der Waals surface area contributed by atoms with Gasteiger partial charge in [-0.25, -0.2) is 0 Å². The van der Waals surface area contributed by atoms with Gasteiger partial charge in [0.05, 0.1) is 5.02 Å². The lowest BCUT2D eigenvalue weighted by molar-refractivity contribution is -0.274. The Morgan fingerprint density at radius 1 is 1.12 bits per heavy atom. The van der Waals surface area contributed by atoms with E-state index in [1.807, 2.05) is 0 Å². The highest BCUT2D eigenvalue weighted by atomic mass is 35.5. The molecule has 1 N–H and O–H groups in total. The number of amides is 1. The van der Waals surface area contributed by atoms with E-state index in [0.717, 1.165) is 12.1 Å². The number of para-hydroxylation sites is 1. The Morgan fingerprint density at radius 2 is 1.75 bits per heavy atom. The van der Waals surface area contributed by atoms with E-state index in [4.69, 9.17) is 16.3 Å². The molecule has 4 nitrogen and oxygen atoms in total. The second-order valence-electron chi connectivity index (χ2n) is 4.75. The number of nitrogens with one attached hydrogen (secondary N) is 1. The molecule has 2 aromatic rings. The SMILES string of the molecule is C[C@H](Oc1ccccc1Cl)C(=O)Nc1ccc(OC(F)(F)F)cc1. The maximum absolute atomic E-state index is 12.1. The molecule has 1 atom stereocenters. The van der Waals surface area contributed by atoms with E-state index in [2.05, 4.69) is 10.1 Å². The van der Waals surface area contributed by atoms with Crippen molar-refractivity contribution in [3.63, 3.8) is 0 Å². The van der Waals surface area contributed by atoms with E-state index in [9.17, 15) is 18.0 Å². The first-order valence-electron chi connectivity index (χ1n) is 6.82. The predicted octanol–water partition coefficient (Wildman–Crippen LogP) is 4.64. The van der Waals surface area contributed by atoms with Crippen LogP contribution in [0.4, 0.5) is 18.9 Å². The first kappa shape index (κ1) is 17.9. The number of alkyl halides is 3. The summed E-state index contributed by atoms with van der Waals surface area (Å²) in [6.07, 6.45) is -5.61. The van der Waals surface area contributed by atoms with Crippen molar-refractivity contribution in [2.75, 3.05) is 5.32 Å². The molecular formula is C16H13ClF3NO3. The molecule has 0 spiro atoms. The van der Waals surface area contributed by atoms with Gasteiger partial charge in [0, 0.05) is 5.69 Å². The summed E-state index contributed by atoms with van der Waals surface area (Å²) in [6, 6.07) is 11.5. The molecule has 0 heterocycles. The fourth-order valence-electron chi connectivity index (χ4n) is 1.77. The van der Waals surface area contributed by atoms with Gasteiger partial charge in [-0.05, 0) is 43.3 Å². The predicted molar refractivity (Wildman–Crippen MR) is 83.3 cm³/mol. The molecule has 0 aliphatic carbocycles. The number of hydrogen-bond donors (Lipinski definition) is 1. The standard InChI is InChI=1S/C16H13ClF3NO3/c1-10(23-14-5-3-2-4-13(14)17)15(22)21-11-6-8-12(9-7-11)24-16(18,19)20/h2-10H,1H3,(H,21,22)/t10-/m0/s1. The number of halogens is 4. The van der Waals surface area contributed by atoms with Crippen LogP contribution in [0.3, 0.4) is 0 Å². The van der Waals surface area contributed by atoms with Crippen LogP contribution >= 0.6 is 11.6 Å². The van der Waals surface area contributed by atoms with Crippen LogP contribution in [-0.4, -0.2) is 18.4 Å². The van der Waals surface area contributed by atoms with Gasteiger partial charge in [0.15, 0.2) is 6.10 Å². The third-order valence-electron chi connectivity index (χ3n) is 2.87. The van der Waals surface area contributed by atoms with Gasteiger partial charge in [0.2, 0.25) is 0 Å². The summed E-state index contributed by atoms with van der Waals surface area (Å²) in [5, 5.41) is 2.89. The van der Waals surface area contributed by atoms with Gasteiger partial charge in [0.1, 0.15) is 11.5 Å². The van der Waals surface area contributed by atoms with Crippen molar-refractivity contribution in [1.29, 1.82) is 0 Å². The summed E-state index contributed by atoms with van der Waals surface area (Å²) < 4.78 is 45.4. The van der Waals surface area contributed by atoms with Crippen molar-refractivity contribution >= 4 is 23.2 Å². The Morgan fingerprint density at radius 3 is 2.33 bits per heavy atom. The van der Waals surface area contributed by atoms with Crippen LogP contribution in [0.1, 0.15) is 6.92 Å². The normalized spacial score (nSPS) is 12.4. The smallest absolute Gasteiger partial charge is 0.479 e. The van der Waals surface area contributed by atoms with Crippen LogP contribution < -0.4 is 14.8 Å². The fourth-order valence-corrected chi connectivity index (χ4v) is 1.95. The highest BCUT2D eigenvalue weighted by molar-refractivity contribution is 6.32. The van der Waals surface area contributed by atoms with Crippen molar-refractivity contribution in [3.05, 3.63) is 53.6 Å². The third kappa shape index (κ3) is 5.34. The molecule has 2 aromatic carbocycles. The molecule has 8 heteroatoms. The quantitative estimate of drug-likeness (QED) is 0.845. The van der Waals surface area contributed by atoms with Gasteiger partial charge in [0.25, 0.3) is 5.91 Å². The van der Waals surface area contributed by atoms with Crippen LogP contribution in [0.5, 0.6) is 11.5 Å². The molecule has 0 unspecified atom stereocenters. The van der Waals surface area contributed by atoms with E-state index >= 15 is 0 Å². The zero-order valence-corrected chi connectivity index (χ0v) is 13.2. The van der Waals surface area contributed by atoms with Gasteiger partial charge in [-0.2, -0.15) is 0 Å². The molecule has 128 valence electrons. The molecule has 0 saturated carbocycles. The van der Waals surface area contributed by atoms with Gasteiger partial charge in [-0.3, -0.25) is 4.79 Å². The van der Waals surface area contributed by atoms with Crippen molar-refractivity contribution in [3.8, 4) is 11.5 Å². The molecule has 0 saturated heterocycles. The molecule has 0 radical (unpaired) electrons. The summed E-state index contributed by atoms with van der Waals surface area (Å²) in [5.74, 6) is -0.490. The lowest BCUT2D eigenvalue weighted by Crippen LogP contribution is -2.30. The number of benzene rings is 2. The third-order valence-corrected chi connectivity index (χ3v) is 3.18. The summed E-state index contributed by atoms with van der Waals surface area (Å²) in [4.78, 5) is 12.1. The number of rotatable bonds is 5. The number of hydrogen-bond acceptors (Lipinski definition) is 3. The van der Waals surface area contributed by atoms with E-state index < -0.39 is 18.4 Å². The van der Waals surface area contributed by atoms with Crippen molar-refractivity contribution in [2.45, 2.75) is 19.4 Å². The maximum Gasteiger partial charge on any atom is 0.573 e. The topological polar surface area (TPSA) is 47.6 Å². The summed E-state index contributed by atoms with van der Waals surface area (Å²) >= 11 is 5.94. The zero-order valence-electron chi connectivity index (χ0n) is 12.4. The average molecular weight is 360 g/mol. The highest BCUT2D eigenvalue weighted by Crippen LogP contribution is 2.25. The molecule has 1 amide bonds. The second kappa shape index (κ2) is 7.44. The van der Waals surface area contributed by atoms with Crippen molar-refractivity contribution < 1.29 is 27.4 Å². The van der Waals surface area contributed by atoms with E-state index in [-0.39, 0.29) is 5.75 Å². The first-order valence-corrected chi connectivity index (χ1v) is 7.20. The summed E-state index contributed by atoms with van der Waals surface area (Å²) in [7, 11) is 0. The average Bonchev–Trinajstić information content (AvgIpc) is 2.50. The number of carbonyl (C=O) groups excluding carboxylic acids is 1. The van der Waals surface area contributed by atoms with E-state index in [0.29, 0.717) is 16.5 Å². The Labute approximate surface area is 141 Å². The molecule has 0 aliphatic heterocycles. The summed E-state index contributed by atoms with van der Waals surface area (Å²) in [6.45, 7) is 1.53. The molecular weight excluding hydrogens is 347 g/mol. The molecule has 0 aliphatic rings. The number of anilines is 1. The molecule has 0 bridgehead atoms. The molecule has 2 rings (SSSR count). The minimum absolute atomic E-state index is 0.309. The van der Waals surface area contributed by atoms with Crippen LogP contribution in [-0.2, 0) is 4.79 Å². The molecule has 0 fully saturated rings. The van der Waals surface area contributed by atoms with E-state index in [1.165, 1.54) is 19.1 Å². The van der Waals surface area contributed by atoms with E-state index in [1.54, 1.807) is 24.3 Å². The minimum Gasteiger partial charge on any atom is -0.479 e. The minimum atomic E-state index is -4.76. The number of carbonyl (C=O) groups is 1. The van der Waals surface area contributed by atoms with Gasteiger partial charge < -0.3 is 14.8 Å². The summed E-state index contributed by atoms with van der Waals surface area (Å²) in [5.41, 5.74) is 0.309. The maximum atomic E-state index is 12.1. The molecule has 0 aromatic heterocycles. The van der Waals surface area contributed by atoms with Gasteiger partial charge in [-0.1, -0.05) is 23.7 Å². The number of ether oxygens (including phenoxy) is 2. The lowest BCUT2D eigenvalue weighted by Gasteiger charge is -2.16. The van der Waals surface area contributed by atoms with Crippen molar-refractivity contribution in [2.24, 2.45) is 0 Å². The van der Waals surface area contributed by atoms with Gasteiger partial charge in [-0.15, -0.1) is 13.2 Å². The van der Waals surface area contributed by atoms with Crippen molar-refractivity contribution in [1.82, 2.24) is 0 Å². The largest absolute Gasteiger partial charge is 0.573 e. The van der Waals surface area contributed by atoms with Crippen LogP contribution in [0.2, 0.25) is 5.02 Å². The highest BCUT2D eigenvalue weighted by Gasteiger charge is 2.31. The Kier molecular flexibility index (Phi) is 5.56. The Balaban J connectivity index is 1.95.